The molecule has 0 atom stereocenters. The summed E-state index contributed by atoms with van der Waals surface area (Å²) in [6.07, 6.45) is 0. The molecule has 0 saturated carbocycles. The average Bonchev–Trinajstić information content (AvgIpc) is 3.19. The third-order valence-electron chi connectivity index (χ3n) is 4.52. The molecule has 2 heterocycles. The van der Waals surface area contributed by atoms with E-state index in [1.165, 1.54) is 17.0 Å². The van der Waals surface area contributed by atoms with E-state index >= 15 is 0 Å². The van der Waals surface area contributed by atoms with Crippen LogP contribution in [0.25, 0.3) is 0 Å². The zero-order chi connectivity index (χ0) is 18.2. The van der Waals surface area contributed by atoms with Crippen LogP contribution in [0, 0.1) is 5.82 Å². The number of piperazine rings is 1. The fraction of sp³-hybridized carbons (Fsp3) is 0.421. The highest BCUT2D eigenvalue weighted by atomic mass is 127. The lowest BCUT2D eigenvalue weighted by atomic mass is 10.2. The monoisotopic (exact) mass is 503 g/mol. The summed E-state index contributed by atoms with van der Waals surface area (Å²) in [7, 11) is 1.80. The summed E-state index contributed by atoms with van der Waals surface area (Å²) in [5.74, 6) is 0.655. The lowest BCUT2D eigenvalue weighted by Crippen LogP contribution is -2.49. The van der Waals surface area contributed by atoms with E-state index in [2.05, 4.69) is 42.9 Å². The lowest BCUT2D eigenvalue weighted by Gasteiger charge is -2.36. The zero-order valence-corrected chi connectivity index (χ0v) is 18.7. The van der Waals surface area contributed by atoms with Gasteiger partial charge in [0.1, 0.15) is 5.82 Å². The molecule has 3 rings (SSSR count). The maximum Gasteiger partial charge on any atom is 0.191 e. The van der Waals surface area contributed by atoms with Gasteiger partial charge in [-0.1, -0.05) is 6.07 Å². The Bertz CT molecular complexity index is 685. The SMILES string of the molecule is CN=C(NCCN1CCN(c2ccc(F)cc2)CC1)NCc1cccs1.I. The molecule has 0 spiro atoms. The van der Waals surface area contributed by atoms with Crippen LogP contribution in [-0.2, 0) is 6.54 Å². The summed E-state index contributed by atoms with van der Waals surface area (Å²) in [5.41, 5.74) is 1.10. The van der Waals surface area contributed by atoms with E-state index in [9.17, 15) is 4.39 Å². The molecule has 1 aromatic heterocycles. The number of anilines is 1. The second kappa shape index (κ2) is 11.5. The first-order chi connectivity index (χ1) is 12.7. The molecule has 5 nitrogen and oxygen atoms in total. The third kappa shape index (κ3) is 6.93. The molecule has 27 heavy (non-hydrogen) atoms. The van der Waals surface area contributed by atoms with Gasteiger partial charge < -0.3 is 15.5 Å². The van der Waals surface area contributed by atoms with E-state index in [-0.39, 0.29) is 29.8 Å². The van der Waals surface area contributed by atoms with Crippen molar-refractivity contribution < 1.29 is 4.39 Å². The van der Waals surface area contributed by atoms with Crippen LogP contribution in [0.2, 0.25) is 0 Å². The van der Waals surface area contributed by atoms with E-state index in [0.717, 1.165) is 57.5 Å². The third-order valence-corrected chi connectivity index (χ3v) is 5.39. The van der Waals surface area contributed by atoms with Gasteiger partial charge >= 0.3 is 0 Å². The Morgan fingerprint density at radius 1 is 1.11 bits per heavy atom. The van der Waals surface area contributed by atoms with Crippen LogP contribution in [0.4, 0.5) is 10.1 Å². The number of guanidine groups is 1. The van der Waals surface area contributed by atoms with E-state index in [1.54, 1.807) is 18.4 Å². The largest absolute Gasteiger partial charge is 0.369 e. The minimum absolute atomic E-state index is 0. The predicted molar refractivity (Wildman–Crippen MR) is 123 cm³/mol. The van der Waals surface area contributed by atoms with Gasteiger partial charge in [-0.2, -0.15) is 0 Å². The number of rotatable bonds is 6. The standard InChI is InChI=1S/C19H26FN5S.HI/c1-21-19(23-15-18-3-2-14-26-18)22-8-9-24-10-12-25(13-11-24)17-6-4-16(20)5-7-17;/h2-7,14H,8-13,15H2,1H3,(H2,21,22,23);1H. The summed E-state index contributed by atoms with van der Waals surface area (Å²) in [5, 5.41) is 8.79. The van der Waals surface area contributed by atoms with Gasteiger partial charge in [-0.15, -0.1) is 35.3 Å². The zero-order valence-electron chi connectivity index (χ0n) is 15.5. The maximum atomic E-state index is 13.0. The minimum atomic E-state index is -0.181. The highest BCUT2D eigenvalue weighted by Gasteiger charge is 2.16. The van der Waals surface area contributed by atoms with Crippen molar-refractivity contribution in [3.63, 3.8) is 0 Å². The lowest BCUT2D eigenvalue weighted by molar-refractivity contribution is 0.261. The van der Waals surface area contributed by atoms with Crippen molar-refractivity contribution in [1.82, 2.24) is 15.5 Å². The van der Waals surface area contributed by atoms with E-state index in [1.807, 2.05) is 12.1 Å². The number of thiophene rings is 1. The molecule has 1 fully saturated rings. The van der Waals surface area contributed by atoms with Crippen molar-refractivity contribution in [2.45, 2.75) is 6.54 Å². The van der Waals surface area contributed by atoms with Gasteiger partial charge in [-0.25, -0.2) is 4.39 Å². The molecular formula is C19H27FIN5S. The number of hydrogen-bond donors (Lipinski definition) is 2. The first-order valence-corrected chi connectivity index (χ1v) is 9.82. The topological polar surface area (TPSA) is 42.9 Å². The maximum absolute atomic E-state index is 13.0. The van der Waals surface area contributed by atoms with Crippen molar-refractivity contribution >= 4 is 47.0 Å². The van der Waals surface area contributed by atoms with E-state index < -0.39 is 0 Å². The van der Waals surface area contributed by atoms with Gasteiger partial charge in [-0.3, -0.25) is 9.89 Å². The van der Waals surface area contributed by atoms with Crippen molar-refractivity contribution in [1.29, 1.82) is 0 Å². The Balaban J connectivity index is 0.00000261. The van der Waals surface area contributed by atoms with Crippen LogP contribution in [0.15, 0.2) is 46.8 Å². The van der Waals surface area contributed by atoms with Gasteiger partial charge in [0.15, 0.2) is 5.96 Å². The summed E-state index contributed by atoms with van der Waals surface area (Å²) in [4.78, 5) is 10.3. The fourth-order valence-corrected chi connectivity index (χ4v) is 3.66. The summed E-state index contributed by atoms with van der Waals surface area (Å²) in [6, 6.07) is 10.9. The molecule has 1 aliphatic rings. The van der Waals surface area contributed by atoms with Crippen LogP contribution in [0.3, 0.4) is 0 Å². The van der Waals surface area contributed by atoms with Crippen molar-refractivity contribution in [2.24, 2.45) is 4.99 Å². The Labute approximate surface area is 181 Å². The van der Waals surface area contributed by atoms with Crippen LogP contribution in [0.5, 0.6) is 0 Å². The summed E-state index contributed by atoms with van der Waals surface area (Å²) >= 11 is 1.74. The molecule has 1 aromatic carbocycles. The molecule has 0 aliphatic carbocycles. The molecule has 0 amide bonds. The Kier molecular flexibility index (Phi) is 9.29. The van der Waals surface area contributed by atoms with Crippen LogP contribution >= 0.6 is 35.3 Å². The first-order valence-electron chi connectivity index (χ1n) is 8.94. The minimum Gasteiger partial charge on any atom is -0.369 e. The number of benzene rings is 1. The molecule has 148 valence electrons. The first kappa shape index (κ1) is 21.9. The molecular weight excluding hydrogens is 476 g/mol. The van der Waals surface area contributed by atoms with Crippen molar-refractivity contribution in [2.75, 3.05) is 51.2 Å². The average molecular weight is 503 g/mol. The van der Waals surface area contributed by atoms with Crippen molar-refractivity contribution in [3.05, 3.63) is 52.5 Å². The predicted octanol–water partition coefficient (Wildman–Crippen LogP) is 2.99. The molecule has 0 radical (unpaired) electrons. The highest BCUT2D eigenvalue weighted by Crippen LogP contribution is 2.16. The van der Waals surface area contributed by atoms with E-state index in [0.29, 0.717) is 0 Å². The normalized spacial score (nSPS) is 15.3. The van der Waals surface area contributed by atoms with Crippen LogP contribution in [0.1, 0.15) is 4.88 Å². The number of halogens is 2. The van der Waals surface area contributed by atoms with Crippen molar-refractivity contribution in [3.8, 4) is 0 Å². The van der Waals surface area contributed by atoms with Crippen LogP contribution in [-0.4, -0.2) is 57.2 Å². The quantitative estimate of drug-likeness (QED) is 0.362. The molecule has 1 aliphatic heterocycles. The number of nitrogens with zero attached hydrogens (tertiary/aromatic N) is 3. The van der Waals surface area contributed by atoms with Crippen LogP contribution < -0.4 is 15.5 Å². The highest BCUT2D eigenvalue weighted by molar-refractivity contribution is 14.0. The summed E-state index contributed by atoms with van der Waals surface area (Å²) in [6.45, 7) is 6.61. The van der Waals surface area contributed by atoms with Gasteiger partial charge in [0.25, 0.3) is 0 Å². The molecule has 0 bridgehead atoms. The number of hydrogen-bond acceptors (Lipinski definition) is 4. The van der Waals surface area contributed by atoms with Gasteiger partial charge in [0.05, 0.1) is 6.54 Å². The molecule has 2 N–H and O–H groups in total. The van der Waals surface area contributed by atoms with E-state index in [4.69, 9.17) is 0 Å². The van der Waals surface area contributed by atoms with Gasteiger partial charge in [-0.05, 0) is 35.7 Å². The molecule has 8 heteroatoms. The van der Waals surface area contributed by atoms with Gasteiger partial charge in [0, 0.05) is 56.9 Å². The second-order valence-electron chi connectivity index (χ2n) is 6.24. The Morgan fingerprint density at radius 2 is 1.85 bits per heavy atom. The Hall–Kier alpha value is -1.39. The van der Waals surface area contributed by atoms with Gasteiger partial charge in [0.2, 0.25) is 0 Å². The molecule has 1 saturated heterocycles. The smallest absolute Gasteiger partial charge is 0.191 e. The number of aliphatic imine (C=N–C) groups is 1. The molecule has 0 unspecified atom stereocenters. The second-order valence-corrected chi connectivity index (χ2v) is 7.27. The summed E-state index contributed by atoms with van der Waals surface area (Å²) < 4.78 is 13.0. The molecule has 2 aromatic rings. The number of nitrogens with one attached hydrogen (secondary N) is 2. The Morgan fingerprint density at radius 3 is 2.48 bits per heavy atom. The fourth-order valence-electron chi connectivity index (χ4n) is 3.02.